The Morgan fingerprint density at radius 3 is 2.72 bits per heavy atom. The van der Waals surface area contributed by atoms with Gasteiger partial charge in [0.1, 0.15) is 11.5 Å². The van der Waals surface area contributed by atoms with Crippen molar-refractivity contribution in [2.75, 3.05) is 19.6 Å². The molecule has 1 fully saturated rings. The Morgan fingerprint density at radius 1 is 1.17 bits per heavy atom. The van der Waals surface area contributed by atoms with Gasteiger partial charge in [0.2, 0.25) is 0 Å². The Morgan fingerprint density at radius 2 is 1.97 bits per heavy atom. The Labute approximate surface area is 169 Å². The van der Waals surface area contributed by atoms with Crippen LogP contribution in [-0.4, -0.2) is 35.9 Å². The Kier molecular flexibility index (Phi) is 5.81. The average Bonchev–Trinajstić information content (AvgIpc) is 3.45. The van der Waals surface area contributed by atoms with E-state index in [0.29, 0.717) is 23.1 Å². The van der Waals surface area contributed by atoms with E-state index in [2.05, 4.69) is 29.1 Å². The lowest BCUT2D eigenvalue weighted by molar-refractivity contribution is -0.127. The topological polar surface area (TPSA) is 29.3 Å². The van der Waals surface area contributed by atoms with Crippen molar-refractivity contribution in [2.45, 2.75) is 51.1 Å². The molecule has 0 bridgehead atoms. The van der Waals surface area contributed by atoms with E-state index in [9.17, 15) is 13.2 Å². The van der Waals surface area contributed by atoms with Crippen molar-refractivity contribution < 1.29 is 17.7 Å². The molecule has 29 heavy (non-hydrogen) atoms. The number of benzene rings is 1. The number of allylic oxidation sites excluding steroid dienone is 1. The summed E-state index contributed by atoms with van der Waals surface area (Å²) >= 11 is 0. The number of hydrogen-bond acceptors (Lipinski definition) is 3. The van der Waals surface area contributed by atoms with Gasteiger partial charge < -0.3 is 4.52 Å². The predicted octanol–water partition coefficient (Wildman–Crippen LogP) is 5.76. The van der Waals surface area contributed by atoms with Crippen molar-refractivity contribution in [2.24, 2.45) is 5.92 Å². The number of halogens is 3. The molecule has 1 aromatic heterocycles. The van der Waals surface area contributed by atoms with E-state index in [1.54, 1.807) is 24.3 Å². The van der Waals surface area contributed by atoms with E-state index in [0.717, 1.165) is 56.6 Å². The summed E-state index contributed by atoms with van der Waals surface area (Å²) in [5.74, 6) is 1.84. The van der Waals surface area contributed by atoms with Crippen LogP contribution in [0.4, 0.5) is 13.2 Å². The van der Waals surface area contributed by atoms with E-state index >= 15 is 0 Å². The fraction of sp³-hybridized carbons (Fsp3) is 0.522. The van der Waals surface area contributed by atoms with Crippen molar-refractivity contribution in [3.05, 3.63) is 53.3 Å². The first kappa shape index (κ1) is 20.2. The van der Waals surface area contributed by atoms with E-state index < -0.39 is 12.6 Å². The van der Waals surface area contributed by atoms with Gasteiger partial charge in [-0.1, -0.05) is 48.5 Å². The highest BCUT2D eigenvalue weighted by atomic mass is 19.4. The van der Waals surface area contributed by atoms with Crippen molar-refractivity contribution in [3.63, 3.8) is 0 Å². The SMILES string of the molecule is CC1CC=CCN(CCc2c(-c3ccccc3CC(F)(F)F)noc2C2CC2)C1. The summed E-state index contributed by atoms with van der Waals surface area (Å²) in [7, 11) is 0. The lowest BCUT2D eigenvalue weighted by Gasteiger charge is -2.22. The minimum Gasteiger partial charge on any atom is -0.360 e. The van der Waals surface area contributed by atoms with Crippen LogP contribution in [0.25, 0.3) is 11.3 Å². The van der Waals surface area contributed by atoms with Gasteiger partial charge in [0, 0.05) is 36.7 Å². The molecule has 0 radical (unpaired) electrons. The number of hydrogen-bond donors (Lipinski definition) is 0. The molecule has 0 saturated heterocycles. The summed E-state index contributed by atoms with van der Waals surface area (Å²) in [4.78, 5) is 2.41. The van der Waals surface area contributed by atoms with E-state index in [4.69, 9.17) is 4.52 Å². The highest BCUT2D eigenvalue weighted by molar-refractivity contribution is 5.68. The van der Waals surface area contributed by atoms with Gasteiger partial charge in [0.15, 0.2) is 0 Å². The maximum Gasteiger partial charge on any atom is 0.393 e. The van der Waals surface area contributed by atoms with Crippen LogP contribution >= 0.6 is 0 Å². The molecule has 6 heteroatoms. The summed E-state index contributed by atoms with van der Waals surface area (Å²) < 4.78 is 45.0. The fourth-order valence-electron chi connectivity index (χ4n) is 4.16. The Bertz CT molecular complexity index is 867. The smallest absolute Gasteiger partial charge is 0.360 e. The molecular formula is C23H27F3N2O. The highest BCUT2D eigenvalue weighted by Gasteiger charge is 2.34. The zero-order valence-electron chi connectivity index (χ0n) is 16.7. The number of nitrogens with zero attached hydrogens (tertiary/aromatic N) is 2. The normalized spacial score (nSPS) is 20.8. The van der Waals surface area contributed by atoms with E-state index in [1.807, 2.05) is 0 Å². The second-order valence-corrected chi connectivity index (χ2v) is 8.42. The lowest BCUT2D eigenvalue weighted by Crippen LogP contribution is -2.29. The van der Waals surface area contributed by atoms with Gasteiger partial charge in [-0.3, -0.25) is 4.90 Å². The molecule has 0 spiro atoms. The summed E-state index contributed by atoms with van der Waals surface area (Å²) in [6, 6.07) is 6.69. The first-order chi connectivity index (χ1) is 13.9. The zero-order valence-corrected chi connectivity index (χ0v) is 16.7. The lowest BCUT2D eigenvalue weighted by atomic mass is 9.96. The molecule has 1 aliphatic heterocycles. The molecular weight excluding hydrogens is 377 g/mol. The van der Waals surface area contributed by atoms with Crippen molar-refractivity contribution in [1.82, 2.24) is 10.1 Å². The fourth-order valence-corrected chi connectivity index (χ4v) is 4.16. The third-order valence-electron chi connectivity index (χ3n) is 5.75. The van der Waals surface area contributed by atoms with Crippen LogP contribution in [-0.2, 0) is 12.8 Å². The van der Waals surface area contributed by atoms with Gasteiger partial charge in [-0.15, -0.1) is 0 Å². The quantitative estimate of drug-likeness (QED) is 0.573. The molecule has 0 N–H and O–H groups in total. The maximum absolute atomic E-state index is 13.1. The van der Waals surface area contributed by atoms with Gasteiger partial charge in [0.05, 0.1) is 6.42 Å². The molecule has 2 heterocycles. The minimum absolute atomic E-state index is 0.253. The van der Waals surface area contributed by atoms with Gasteiger partial charge in [-0.25, -0.2) is 0 Å². The predicted molar refractivity (Wildman–Crippen MR) is 107 cm³/mol. The molecule has 1 aromatic carbocycles. The molecule has 1 aliphatic carbocycles. The zero-order chi connectivity index (χ0) is 20.4. The minimum atomic E-state index is -4.26. The van der Waals surface area contributed by atoms with Crippen LogP contribution < -0.4 is 0 Å². The van der Waals surface area contributed by atoms with Crippen LogP contribution in [0.5, 0.6) is 0 Å². The first-order valence-electron chi connectivity index (χ1n) is 10.4. The van der Waals surface area contributed by atoms with Gasteiger partial charge in [-0.2, -0.15) is 13.2 Å². The van der Waals surface area contributed by atoms with Crippen molar-refractivity contribution in [3.8, 4) is 11.3 Å². The molecule has 4 rings (SSSR count). The molecule has 3 nitrogen and oxygen atoms in total. The molecule has 2 aromatic rings. The Balaban J connectivity index is 1.61. The molecule has 1 atom stereocenters. The van der Waals surface area contributed by atoms with Crippen molar-refractivity contribution in [1.29, 1.82) is 0 Å². The second kappa shape index (κ2) is 8.34. The summed E-state index contributed by atoms with van der Waals surface area (Å²) in [6.07, 6.45) is 3.19. The van der Waals surface area contributed by atoms with E-state index in [1.165, 1.54) is 0 Å². The molecule has 1 saturated carbocycles. The summed E-state index contributed by atoms with van der Waals surface area (Å²) in [5, 5.41) is 4.26. The van der Waals surface area contributed by atoms with Crippen LogP contribution in [0, 0.1) is 5.92 Å². The van der Waals surface area contributed by atoms with Gasteiger partial charge in [-0.05, 0) is 37.2 Å². The van der Waals surface area contributed by atoms with Crippen LogP contribution in [0.2, 0.25) is 0 Å². The average molecular weight is 404 g/mol. The maximum atomic E-state index is 13.1. The monoisotopic (exact) mass is 404 g/mol. The van der Waals surface area contributed by atoms with Gasteiger partial charge in [0.25, 0.3) is 0 Å². The Hall–Kier alpha value is -2.08. The van der Waals surface area contributed by atoms with E-state index in [-0.39, 0.29) is 5.56 Å². The standard InChI is InChI=1S/C23H27F3N2O/c1-16-6-4-5-12-28(15-16)13-11-20-21(27-29-22(20)17-9-10-17)19-8-3-2-7-18(19)14-23(24,25)26/h2-5,7-8,16-17H,6,9-15H2,1H3. The van der Waals surface area contributed by atoms with Crippen LogP contribution in [0.3, 0.4) is 0 Å². The molecule has 2 aliphatic rings. The van der Waals surface area contributed by atoms with Crippen molar-refractivity contribution >= 4 is 0 Å². The van der Waals surface area contributed by atoms with Crippen LogP contribution in [0.15, 0.2) is 40.9 Å². The molecule has 156 valence electrons. The number of rotatable bonds is 6. The first-order valence-corrected chi connectivity index (χ1v) is 10.4. The number of alkyl halides is 3. The third-order valence-corrected chi connectivity index (χ3v) is 5.75. The summed E-state index contributed by atoms with van der Waals surface area (Å²) in [5.41, 5.74) is 2.37. The second-order valence-electron chi connectivity index (χ2n) is 8.42. The number of aromatic nitrogens is 1. The van der Waals surface area contributed by atoms with Gasteiger partial charge >= 0.3 is 6.18 Å². The largest absolute Gasteiger partial charge is 0.393 e. The van der Waals surface area contributed by atoms with Crippen LogP contribution in [0.1, 0.15) is 49.0 Å². The molecule has 0 amide bonds. The highest BCUT2D eigenvalue weighted by Crippen LogP contribution is 2.44. The third kappa shape index (κ3) is 5.10. The molecule has 1 unspecified atom stereocenters. The summed E-state index contributed by atoms with van der Waals surface area (Å²) in [6.45, 7) is 5.03.